The van der Waals surface area contributed by atoms with E-state index in [2.05, 4.69) is 51.7 Å². The van der Waals surface area contributed by atoms with E-state index in [1.165, 1.54) is 11.1 Å². The number of pyridine rings is 1. The van der Waals surface area contributed by atoms with Crippen LogP contribution in [0.25, 0.3) is 5.57 Å². The van der Waals surface area contributed by atoms with Crippen LogP contribution in [0.1, 0.15) is 85.1 Å². The first-order valence-corrected chi connectivity index (χ1v) is 11.8. The number of nitrogens with zero attached hydrogens (tertiary/aromatic N) is 1. The molecule has 0 spiro atoms. The van der Waals surface area contributed by atoms with E-state index in [9.17, 15) is 9.90 Å². The van der Waals surface area contributed by atoms with E-state index in [0.29, 0.717) is 24.5 Å². The van der Waals surface area contributed by atoms with Gasteiger partial charge < -0.3 is 5.11 Å². The molecule has 4 aliphatic rings. The van der Waals surface area contributed by atoms with Gasteiger partial charge >= 0.3 is 0 Å². The second kappa shape index (κ2) is 6.06. The van der Waals surface area contributed by atoms with Gasteiger partial charge in [-0.2, -0.15) is 0 Å². The predicted molar refractivity (Wildman–Crippen MR) is 120 cm³/mol. The van der Waals surface area contributed by atoms with Gasteiger partial charge in [-0.05, 0) is 83.3 Å². The summed E-state index contributed by atoms with van der Waals surface area (Å²) in [6, 6.07) is 4.22. The van der Waals surface area contributed by atoms with E-state index in [1.54, 1.807) is 0 Å². The average Bonchev–Trinajstić information content (AvgIpc) is 2.99. The molecule has 1 aromatic rings. The molecule has 1 heterocycles. The van der Waals surface area contributed by atoms with Crippen LogP contribution in [-0.2, 0) is 4.79 Å². The summed E-state index contributed by atoms with van der Waals surface area (Å²) in [7, 11) is 0. The first-order valence-electron chi connectivity index (χ1n) is 11.8. The summed E-state index contributed by atoms with van der Waals surface area (Å²) in [5.41, 5.74) is 2.47. The molecule has 5 rings (SSSR count). The van der Waals surface area contributed by atoms with Gasteiger partial charge in [-0.3, -0.25) is 9.78 Å². The Morgan fingerprint density at radius 1 is 1.03 bits per heavy atom. The van der Waals surface area contributed by atoms with Gasteiger partial charge in [0.1, 0.15) is 5.78 Å². The highest BCUT2D eigenvalue weighted by Crippen LogP contribution is 2.78. The van der Waals surface area contributed by atoms with Crippen LogP contribution in [0.15, 0.2) is 30.6 Å². The van der Waals surface area contributed by atoms with E-state index in [0.717, 1.165) is 32.1 Å². The van der Waals surface area contributed by atoms with E-state index in [1.807, 2.05) is 18.5 Å². The van der Waals surface area contributed by atoms with Crippen LogP contribution in [0.2, 0.25) is 0 Å². The molecule has 0 bridgehead atoms. The van der Waals surface area contributed by atoms with Crippen molar-refractivity contribution >= 4 is 11.4 Å². The lowest BCUT2D eigenvalue weighted by molar-refractivity contribution is -0.226. The molecule has 7 atom stereocenters. The molecule has 3 saturated carbocycles. The van der Waals surface area contributed by atoms with Crippen LogP contribution in [-0.4, -0.2) is 22.0 Å². The van der Waals surface area contributed by atoms with Crippen molar-refractivity contribution in [3.63, 3.8) is 0 Å². The van der Waals surface area contributed by atoms with E-state index < -0.39 is 5.41 Å². The number of hydrogen-bond acceptors (Lipinski definition) is 3. The van der Waals surface area contributed by atoms with Gasteiger partial charge in [0.15, 0.2) is 0 Å². The Bertz CT molecular complexity index is 924. The monoisotopic (exact) mass is 407 g/mol. The maximum absolute atomic E-state index is 13.7. The lowest BCUT2D eigenvalue weighted by Crippen LogP contribution is -2.68. The van der Waals surface area contributed by atoms with Crippen LogP contribution < -0.4 is 0 Å². The number of aromatic nitrogens is 1. The van der Waals surface area contributed by atoms with Crippen LogP contribution in [0.5, 0.6) is 0 Å². The molecule has 1 unspecified atom stereocenters. The Labute approximate surface area is 181 Å². The van der Waals surface area contributed by atoms with Crippen molar-refractivity contribution in [2.24, 2.45) is 33.0 Å². The zero-order valence-electron chi connectivity index (χ0n) is 19.3. The third kappa shape index (κ3) is 2.16. The average molecular weight is 408 g/mol. The first-order chi connectivity index (χ1) is 14.0. The van der Waals surface area contributed by atoms with Gasteiger partial charge in [0.05, 0.1) is 6.10 Å². The van der Waals surface area contributed by atoms with Crippen LogP contribution in [0, 0.1) is 33.0 Å². The Balaban J connectivity index is 1.60. The molecule has 0 radical (unpaired) electrons. The molecule has 3 fully saturated rings. The standard InChI is InChI=1S/C27H37NO2/c1-23-12-13-25(3)21(15-22(30)26(4)16-19(29)8-11-27(25,26)5)24(23,2)10-9-20(23)18-7-6-14-28-17-18/h6-7,9,14,17,19,21,29H,8,10-13,15-16H2,1-5H3/t19-,21?,23+,24-,25-,26+,27+/m0/s1. The summed E-state index contributed by atoms with van der Waals surface area (Å²) in [6.07, 6.45) is 12.4. The maximum Gasteiger partial charge on any atom is 0.139 e. The Morgan fingerprint density at radius 3 is 2.50 bits per heavy atom. The Hall–Kier alpha value is -1.48. The number of carbonyl (C=O) groups excluding carboxylic acids is 1. The number of allylic oxidation sites excluding steroid dienone is 2. The molecule has 4 aliphatic carbocycles. The van der Waals surface area contributed by atoms with Gasteiger partial charge in [-0.1, -0.05) is 46.8 Å². The number of carbonyl (C=O) groups is 1. The lowest BCUT2D eigenvalue weighted by atomic mass is 9.32. The lowest BCUT2D eigenvalue weighted by Gasteiger charge is -2.71. The molecular formula is C27H37NO2. The fourth-order valence-corrected chi connectivity index (χ4v) is 8.75. The van der Waals surface area contributed by atoms with Gasteiger partial charge in [0.25, 0.3) is 0 Å². The molecule has 3 heteroatoms. The van der Waals surface area contributed by atoms with E-state index >= 15 is 0 Å². The van der Waals surface area contributed by atoms with Crippen molar-refractivity contribution in [3.8, 4) is 0 Å². The summed E-state index contributed by atoms with van der Waals surface area (Å²) in [5, 5.41) is 10.5. The number of Topliss-reactive ketones (excluding diaryl/α,β-unsaturated/α-hetero) is 1. The number of aliphatic hydroxyl groups excluding tert-OH is 1. The third-order valence-electron chi connectivity index (χ3n) is 11.3. The van der Waals surface area contributed by atoms with Crippen molar-refractivity contribution in [2.45, 2.75) is 85.7 Å². The zero-order chi connectivity index (χ0) is 21.6. The predicted octanol–water partition coefficient (Wildman–Crippen LogP) is 5.83. The summed E-state index contributed by atoms with van der Waals surface area (Å²) in [6.45, 7) is 12.0. The van der Waals surface area contributed by atoms with Crippen LogP contribution >= 0.6 is 0 Å². The maximum atomic E-state index is 13.7. The second-order valence-corrected chi connectivity index (χ2v) is 12.0. The molecule has 162 valence electrons. The Morgan fingerprint density at radius 2 is 1.80 bits per heavy atom. The third-order valence-corrected chi connectivity index (χ3v) is 11.3. The minimum absolute atomic E-state index is 0.0549. The number of aliphatic hydroxyl groups is 1. The molecule has 0 aromatic carbocycles. The SMILES string of the molecule is C[C@]12CC[C@H](O)C[C@]1(C)C(=O)CC1[C@]2(C)CC[C@]2(C)C(c3cccnc3)=CC[C@@]12C. The molecule has 1 N–H and O–H groups in total. The molecular weight excluding hydrogens is 370 g/mol. The summed E-state index contributed by atoms with van der Waals surface area (Å²) in [5.74, 6) is 0.765. The fraction of sp³-hybridized carbons (Fsp3) is 0.704. The largest absolute Gasteiger partial charge is 0.393 e. The molecule has 0 aliphatic heterocycles. The van der Waals surface area contributed by atoms with Crippen molar-refractivity contribution in [1.82, 2.24) is 4.98 Å². The smallest absolute Gasteiger partial charge is 0.139 e. The molecule has 0 saturated heterocycles. The minimum Gasteiger partial charge on any atom is -0.393 e. The van der Waals surface area contributed by atoms with Crippen molar-refractivity contribution in [2.75, 3.05) is 0 Å². The van der Waals surface area contributed by atoms with Gasteiger partial charge in [-0.25, -0.2) is 0 Å². The summed E-state index contributed by atoms with van der Waals surface area (Å²) < 4.78 is 0. The fourth-order valence-electron chi connectivity index (χ4n) is 8.75. The van der Waals surface area contributed by atoms with Crippen molar-refractivity contribution in [1.29, 1.82) is 0 Å². The topological polar surface area (TPSA) is 50.2 Å². The van der Waals surface area contributed by atoms with Crippen molar-refractivity contribution in [3.05, 3.63) is 36.2 Å². The highest BCUT2D eigenvalue weighted by molar-refractivity contribution is 5.88. The number of ketones is 1. The van der Waals surface area contributed by atoms with Gasteiger partial charge in [0.2, 0.25) is 0 Å². The molecule has 3 nitrogen and oxygen atoms in total. The quantitative estimate of drug-likeness (QED) is 0.637. The normalized spacial score (nSPS) is 50.3. The van der Waals surface area contributed by atoms with Gasteiger partial charge in [-0.15, -0.1) is 0 Å². The number of hydrogen-bond donors (Lipinski definition) is 1. The first kappa shape index (κ1) is 20.4. The molecule has 30 heavy (non-hydrogen) atoms. The van der Waals surface area contributed by atoms with Gasteiger partial charge in [0, 0.05) is 24.2 Å². The molecule has 1 aromatic heterocycles. The van der Waals surface area contributed by atoms with E-state index in [4.69, 9.17) is 0 Å². The highest BCUT2D eigenvalue weighted by Gasteiger charge is 2.73. The van der Waals surface area contributed by atoms with Crippen molar-refractivity contribution < 1.29 is 9.90 Å². The second-order valence-electron chi connectivity index (χ2n) is 12.0. The van der Waals surface area contributed by atoms with Crippen LogP contribution in [0.4, 0.5) is 0 Å². The number of rotatable bonds is 1. The summed E-state index contributed by atoms with van der Waals surface area (Å²) in [4.78, 5) is 18.1. The Kier molecular flexibility index (Phi) is 4.12. The van der Waals surface area contributed by atoms with Crippen LogP contribution in [0.3, 0.4) is 0 Å². The molecule has 0 amide bonds. The number of fused-ring (bicyclic) bond motifs is 5. The zero-order valence-corrected chi connectivity index (χ0v) is 19.3. The summed E-state index contributed by atoms with van der Waals surface area (Å²) >= 11 is 0. The highest BCUT2D eigenvalue weighted by atomic mass is 16.3. The minimum atomic E-state index is -0.405. The van der Waals surface area contributed by atoms with E-state index in [-0.39, 0.29) is 27.8 Å².